The molecule has 0 unspecified atom stereocenters. The highest BCUT2D eigenvalue weighted by Gasteiger charge is 2.25. The number of Topliss-reactive ketones (excluding diaryl/α,β-unsaturated/α-hetero) is 1. The molecule has 1 heterocycles. The summed E-state index contributed by atoms with van der Waals surface area (Å²) >= 11 is 0. The molecule has 1 aromatic rings. The largest absolute Gasteiger partial charge is 0.458 e. The molecule has 12 heavy (non-hydrogen) atoms. The maximum Gasteiger partial charge on any atom is 0.217 e. The Hall–Kier alpha value is -1.09. The number of furan rings is 1. The number of nitrogens with two attached hydrogens (primary N) is 1. The van der Waals surface area contributed by atoms with E-state index in [2.05, 4.69) is 0 Å². The summed E-state index contributed by atoms with van der Waals surface area (Å²) in [6.45, 7) is 5.11. The molecule has 66 valence electrons. The molecule has 0 radical (unpaired) electrons. The zero-order valence-electron chi connectivity index (χ0n) is 7.55. The molecule has 3 nitrogen and oxygen atoms in total. The second-order valence-corrected chi connectivity index (χ2v) is 3.46. The summed E-state index contributed by atoms with van der Waals surface area (Å²) in [5, 5.41) is 0. The molecule has 1 rings (SSSR count). The van der Waals surface area contributed by atoms with Crippen LogP contribution in [-0.2, 0) is 0 Å². The minimum absolute atomic E-state index is 0.171. The molecule has 2 N–H and O–H groups in total. The van der Waals surface area contributed by atoms with Crippen molar-refractivity contribution in [2.75, 3.05) is 0 Å². The standard InChI is InChI=1S/C9H13NO2/c1-6-4-5-7(12-6)8(11)9(2,3)10/h4-5H,10H2,1-3H3. The lowest BCUT2D eigenvalue weighted by Crippen LogP contribution is -2.41. The number of hydrogen-bond acceptors (Lipinski definition) is 3. The van der Waals surface area contributed by atoms with Gasteiger partial charge in [-0.15, -0.1) is 0 Å². The average molecular weight is 167 g/mol. The molecule has 0 atom stereocenters. The van der Waals surface area contributed by atoms with Crippen molar-refractivity contribution in [1.82, 2.24) is 0 Å². The van der Waals surface area contributed by atoms with Crippen molar-refractivity contribution in [3.63, 3.8) is 0 Å². The molecule has 0 aromatic carbocycles. The summed E-state index contributed by atoms with van der Waals surface area (Å²) in [4.78, 5) is 11.5. The summed E-state index contributed by atoms with van der Waals surface area (Å²) in [7, 11) is 0. The summed E-state index contributed by atoms with van der Waals surface area (Å²) in [6.07, 6.45) is 0. The Bertz CT molecular complexity index is 294. The van der Waals surface area contributed by atoms with E-state index in [0.29, 0.717) is 5.76 Å². The highest BCUT2D eigenvalue weighted by molar-refractivity contribution is 6.00. The van der Waals surface area contributed by atoms with Crippen LogP contribution in [0.2, 0.25) is 0 Å². The SMILES string of the molecule is Cc1ccc(C(=O)C(C)(C)N)o1. The van der Waals surface area contributed by atoms with Gasteiger partial charge >= 0.3 is 0 Å². The van der Waals surface area contributed by atoms with Crippen molar-refractivity contribution in [3.8, 4) is 0 Å². The first-order chi connectivity index (χ1) is 5.41. The van der Waals surface area contributed by atoms with Gasteiger partial charge in [0.2, 0.25) is 5.78 Å². The van der Waals surface area contributed by atoms with E-state index in [4.69, 9.17) is 10.2 Å². The minimum atomic E-state index is -0.857. The van der Waals surface area contributed by atoms with Crippen molar-refractivity contribution in [3.05, 3.63) is 23.7 Å². The van der Waals surface area contributed by atoms with Crippen LogP contribution in [0.5, 0.6) is 0 Å². The molecular weight excluding hydrogens is 154 g/mol. The van der Waals surface area contributed by atoms with Gasteiger partial charge < -0.3 is 10.2 Å². The number of carbonyl (C=O) groups is 1. The predicted molar refractivity (Wildman–Crippen MR) is 46.0 cm³/mol. The van der Waals surface area contributed by atoms with Crippen molar-refractivity contribution in [2.24, 2.45) is 5.73 Å². The number of ketones is 1. The first kappa shape index (κ1) is 9.00. The fraction of sp³-hybridized carbons (Fsp3) is 0.444. The van der Waals surface area contributed by atoms with Gasteiger partial charge in [0.1, 0.15) is 5.76 Å². The zero-order valence-corrected chi connectivity index (χ0v) is 7.55. The molecule has 3 heteroatoms. The van der Waals surface area contributed by atoms with E-state index in [1.54, 1.807) is 32.9 Å². The highest BCUT2D eigenvalue weighted by Crippen LogP contribution is 2.13. The fourth-order valence-electron chi connectivity index (χ4n) is 0.874. The molecule has 0 saturated carbocycles. The molecule has 0 fully saturated rings. The maximum absolute atomic E-state index is 11.5. The summed E-state index contributed by atoms with van der Waals surface area (Å²) in [5.41, 5.74) is 4.75. The van der Waals surface area contributed by atoms with Crippen LogP contribution in [0.3, 0.4) is 0 Å². The van der Waals surface area contributed by atoms with Crippen LogP contribution in [-0.4, -0.2) is 11.3 Å². The molecule has 0 aliphatic rings. The van der Waals surface area contributed by atoms with Gasteiger partial charge in [0, 0.05) is 0 Å². The Morgan fingerprint density at radius 1 is 1.50 bits per heavy atom. The van der Waals surface area contributed by atoms with E-state index >= 15 is 0 Å². The highest BCUT2D eigenvalue weighted by atomic mass is 16.3. The Kier molecular flexibility index (Phi) is 2.06. The van der Waals surface area contributed by atoms with Crippen molar-refractivity contribution in [1.29, 1.82) is 0 Å². The van der Waals surface area contributed by atoms with Gasteiger partial charge in [-0.3, -0.25) is 4.79 Å². The Morgan fingerprint density at radius 2 is 2.08 bits per heavy atom. The summed E-state index contributed by atoms with van der Waals surface area (Å²) in [5.74, 6) is 0.887. The van der Waals surface area contributed by atoms with E-state index in [-0.39, 0.29) is 5.78 Å². The normalized spacial score (nSPS) is 11.7. The first-order valence-corrected chi connectivity index (χ1v) is 3.81. The molecular formula is C9H13NO2. The third-order valence-electron chi connectivity index (χ3n) is 1.55. The van der Waals surface area contributed by atoms with Gasteiger partial charge in [0.25, 0.3) is 0 Å². The average Bonchev–Trinajstić information content (AvgIpc) is 2.32. The third-order valence-corrected chi connectivity index (χ3v) is 1.55. The molecule has 0 spiro atoms. The Balaban J connectivity index is 2.93. The van der Waals surface area contributed by atoms with Crippen molar-refractivity contribution >= 4 is 5.78 Å². The van der Waals surface area contributed by atoms with Crippen LogP contribution in [0, 0.1) is 6.92 Å². The lowest BCUT2D eigenvalue weighted by atomic mass is 9.99. The summed E-state index contributed by atoms with van der Waals surface area (Å²) in [6, 6.07) is 3.39. The van der Waals surface area contributed by atoms with E-state index in [0.717, 1.165) is 5.76 Å². The molecule has 0 aliphatic heterocycles. The van der Waals surface area contributed by atoms with Crippen LogP contribution < -0.4 is 5.73 Å². The van der Waals surface area contributed by atoms with Gasteiger partial charge in [0.05, 0.1) is 5.54 Å². The van der Waals surface area contributed by atoms with Gasteiger partial charge in [-0.25, -0.2) is 0 Å². The lowest BCUT2D eigenvalue weighted by Gasteiger charge is -2.14. The van der Waals surface area contributed by atoms with Crippen LogP contribution in [0.25, 0.3) is 0 Å². The fourth-order valence-corrected chi connectivity index (χ4v) is 0.874. The van der Waals surface area contributed by atoms with Gasteiger partial charge in [-0.2, -0.15) is 0 Å². The number of hydrogen-bond donors (Lipinski definition) is 1. The topological polar surface area (TPSA) is 56.2 Å². The molecule has 0 bridgehead atoms. The third kappa shape index (κ3) is 1.74. The van der Waals surface area contributed by atoms with E-state index < -0.39 is 5.54 Å². The maximum atomic E-state index is 11.5. The van der Waals surface area contributed by atoms with Gasteiger partial charge in [0.15, 0.2) is 5.76 Å². The van der Waals surface area contributed by atoms with Gasteiger partial charge in [-0.05, 0) is 32.9 Å². The monoisotopic (exact) mass is 167 g/mol. The van der Waals surface area contributed by atoms with Crippen LogP contribution in [0.1, 0.15) is 30.2 Å². The number of carbonyl (C=O) groups excluding carboxylic acids is 1. The van der Waals surface area contributed by atoms with Crippen molar-refractivity contribution < 1.29 is 9.21 Å². The molecule has 0 aliphatic carbocycles. The van der Waals surface area contributed by atoms with Crippen LogP contribution in [0.4, 0.5) is 0 Å². The number of rotatable bonds is 2. The smallest absolute Gasteiger partial charge is 0.217 e. The van der Waals surface area contributed by atoms with E-state index in [1.165, 1.54) is 0 Å². The second kappa shape index (κ2) is 2.75. The van der Waals surface area contributed by atoms with Gasteiger partial charge in [-0.1, -0.05) is 0 Å². The number of aryl methyl sites for hydroxylation is 1. The quantitative estimate of drug-likeness (QED) is 0.679. The van der Waals surface area contributed by atoms with Crippen LogP contribution in [0.15, 0.2) is 16.5 Å². The second-order valence-electron chi connectivity index (χ2n) is 3.46. The minimum Gasteiger partial charge on any atom is -0.458 e. The first-order valence-electron chi connectivity index (χ1n) is 3.81. The van der Waals surface area contributed by atoms with Crippen molar-refractivity contribution in [2.45, 2.75) is 26.3 Å². The zero-order chi connectivity index (χ0) is 9.35. The summed E-state index contributed by atoms with van der Waals surface area (Å²) < 4.78 is 5.14. The molecule has 1 aromatic heterocycles. The Morgan fingerprint density at radius 3 is 2.42 bits per heavy atom. The van der Waals surface area contributed by atoms with E-state index in [1.807, 2.05) is 0 Å². The Labute approximate surface area is 71.6 Å². The van der Waals surface area contributed by atoms with Crippen LogP contribution >= 0.6 is 0 Å². The lowest BCUT2D eigenvalue weighted by molar-refractivity contribution is 0.0884. The predicted octanol–water partition coefficient (Wildman–Crippen LogP) is 1.51. The molecule has 0 amide bonds. The van der Waals surface area contributed by atoms with E-state index in [9.17, 15) is 4.79 Å². The molecule has 0 saturated heterocycles.